The van der Waals surface area contributed by atoms with Crippen LogP contribution in [0, 0.1) is 23.0 Å². The summed E-state index contributed by atoms with van der Waals surface area (Å²) in [5.41, 5.74) is 1.15. The van der Waals surface area contributed by atoms with Gasteiger partial charge in [-0.25, -0.2) is 0 Å². The van der Waals surface area contributed by atoms with Crippen molar-refractivity contribution < 1.29 is 9.72 Å². The van der Waals surface area contributed by atoms with Crippen molar-refractivity contribution in [2.24, 2.45) is 5.92 Å². The number of hydrogen-bond donors (Lipinski definition) is 1. The summed E-state index contributed by atoms with van der Waals surface area (Å²) in [4.78, 5) is 24.9. The first kappa shape index (κ1) is 16.7. The summed E-state index contributed by atoms with van der Waals surface area (Å²) >= 11 is 0. The molecule has 0 aromatic heterocycles. The lowest BCUT2D eigenvalue weighted by Gasteiger charge is -2.34. The molecule has 2 aliphatic rings. The maximum atomic E-state index is 12.6. The Morgan fingerprint density at radius 1 is 1.36 bits per heavy atom. The lowest BCUT2D eigenvalue weighted by molar-refractivity contribution is -0.384. The first-order chi connectivity index (χ1) is 10.0. The number of rotatable bonds is 2. The van der Waals surface area contributed by atoms with Gasteiger partial charge in [0.2, 0.25) is 0 Å². The number of nitrogens with zero attached hydrogens (tertiary/aromatic N) is 2. The molecule has 3 rings (SSSR count). The highest BCUT2D eigenvalue weighted by molar-refractivity contribution is 5.95. The second-order valence-electron chi connectivity index (χ2n) is 5.96. The molecule has 0 spiro atoms. The molecule has 2 aliphatic heterocycles. The Morgan fingerprint density at radius 3 is 2.86 bits per heavy atom. The quantitative estimate of drug-likeness (QED) is 0.667. The molecule has 22 heavy (non-hydrogen) atoms. The standard InChI is InChI=1S/C15H19N3O3.ClH/c1-10-6-12(8-13(7-10)18(20)21)15(19)17-5-3-14-11(9-17)2-4-16-14;/h6-8,11,14,16H,2-5,9H2,1H3;1H. The Hall–Kier alpha value is -1.66. The van der Waals surface area contributed by atoms with E-state index in [9.17, 15) is 14.9 Å². The number of benzene rings is 1. The molecule has 2 unspecified atom stereocenters. The van der Waals surface area contributed by atoms with Crippen molar-refractivity contribution in [2.45, 2.75) is 25.8 Å². The minimum absolute atomic E-state index is 0. The lowest BCUT2D eigenvalue weighted by atomic mass is 9.93. The maximum absolute atomic E-state index is 12.6. The van der Waals surface area contributed by atoms with Gasteiger partial charge < -0.3 is 10.2 Å². The monoisotopic (exact) mass is 325 g/mol. The normalized spacial score (nSPS) is 23.6. The second-order valence-corrected chi connectivity index (χ2v) is 5.96. The molecule has 6 nitrogen and oxygen atoms in total. The van der Waals surface area contributed by atoms with Crippen LogP contribution in [0.15, 0.2) is 18.2 Å². The Bertz CT molecular complexity index is 593. The largest absolute Gasteiger partial charge is 0.338 e. The minimum Gasteiger partial charge on any atom is -0.338 e. The van der Waals surface area contributed by atoms with Gasteiger partial charge in [-0.2, -0.15) is 0 Å². The van der Waals surface area contributed by atoms with Crippen LogP contribution < -0.4 is 5.32 Å². The van der Waals surface area contributed by atoms with Gasteiger partial charge in [-0.1, -0.05) is 0 Å². The van der Waals surface area contributed by atoms with Crippen molar-refractivity contribution in [1.29, 1.82) is 0 Å². The maximum Gasteiger partial charge on any atom is 0.270 e. The highest BCUT2D eigenvalue weighted by atomic mass is 35.5. The molecule has 0 aliphatic carbocycles. The summed E-state index contributed by atoms with van der Waals surface area (Å²) in [7, 11) is 0. The molecule has 2 saturated heterocycles. The van der Waals surface area contributed by atoms with Crippen molar-refractivity contribution in [3.8, 4) is 0 Å². The Labute approximate surface area is 135 Å². The number of nitrogens with one attached hydrogen (secondary N) is 1. The molecule has 2 fully saturated rings. The molecule has 0 bridgehead atoms. The molecule has 0 saturated carbocycles. The van der Waals surface area contributed by atoms with Crippen molar-refractivity contribution in [1.82, 2.24) is 10.2 Å². The number of likely N-dealkylation sites (tertiary alicyclic amines) is 1. The van der Waals surface area contributed by atoms with Crippen LogP contribution in [0.25, 0.3) is 0 Å². The molecule has 0 radical (unpaired) electrons. The number of amides is 1. The lowest BCUT2D eigenvalue weighted by Crippen LogP contribution is -2.46. The topological polar surface area (TPSA) is 75.5 Å². The van der Waals surface area contributed by atoms with Crippen LogP contribution in [0.3, 0.4) is 0 Å². The molecule has 1 N–H and O–H groups in total. The number of fused-ring (bicyclic) bond motifs is 1. The van der Waals surface area contributed by atoms with Crippen molar-refractivity contribution >= 4 is 24.0 Å². The number of carbonyl (C=O) groups is 1. The van der Waals surface area contributed by atoms with Gasteiger partial charge in [0, 0.05) is 36.8 Å². The zero-order valence-corrected chi connectivity index (χ0v) is 13.3. The molecule has 1 amide bonds. The third kappa shape index (κ3) is 3.23. The van der Waals surface area contributed by atoms with Gasteiger partial charge in [-0.05, 0) is 43.9 Å². The summed E-state index contributed by atoms with van der Waals surface area (Å²) < 4.78 is 0. The van der Waals surface area contributed by atoms with Gasteiger partial charge in [0.1, 0.15) is 0 Å². The first-order valence-corrected chi connectivity index (χ1v) is 7.33. The van der Waals surface area contributed by atoms with Crippen molar-refractivity contribution in [2.75, 3.05) is 19.6 Å². The fourth-order valence-corrected chi connectivity index (χ4v) is 3.41. The van der Waals surface area contributed by atoms with E-state index in [0.29, 0.717) is 17.5 Å². The van der Waals surface area contributed by atoms with E-state index in [1.807, 2.05) is 4.90 Å². The van der Waals surface area contributed by atoms with E-state index >= 15 is 0 Å². The Kier molecular flexibility index (Phi) is 5.03. The highest BCUT2D eigenvalue weighted by Gasteiger charge is 2.34. The fraction of sp³-hybridized carbons (Fsp3) is 0.533. The number of aryl methyl sites for hydroxylation is 1. The second kappa shape index (κ2) is 6.62. The average molecular weight is 326 g/mol. The predicted molar refractivity (Wildman–Crippen MR) is 85.5 cm³/mol. The number of non-ortho nitro benzene ring substituents is 1. The molecular weight excluding hydrogens is 306 g/mol. The van der Waals surface area contributed by atoms with Gasteiger partial charge >= 0.3 is 0 Å². The van der Waals surface area contributed by atoms with E-state index in [-0.39, 0.29) is 24.0 Å². The Balaban J connectivity index is 0.00000176. The Morgan fingerprint density at radius 2 is 2.14 bits per heavy atom. The van der Waals surface area contributed by atoms with Crippen LogP contribution in [0.1, 0.15) is 28.8 Å². The van der Waals surface area contributed by atoms with E-state index in [0.717, 1.165) is 38.0 Å². The van der Waals surface area contributed by atoms with Crippen molar-refractivity contribution in [3.63, 3.8) is 0 Å². The number of halogens is 1. The molecule has 1 aromatic carbocycles. The summed E-state index contributed by atoms with van der Waals surface area (Å²) in [5.74, 6) is 0.426. The highest BCUT2D eigenvalue weighted by Crippen LogP contribution is 2.26. The summed E-state index contributed by atoms with van der Waals surface area (Å²) in [6.45, 7) is 4.26. The van der Waals surface area contributed by atoms with E-state index in [1.54, 1.807) is 13.0 Å². The van der Waals surface area contributed by atoms with E-state index in [4.69, 9.17) is 0 Å². The van der Waals surface area contributed by atoms with Crippen LogP contribution in [0.4, 0.5) is 5.69 Å². The summed E-state index contributed by atoms with van der Waals surface area (Å²) in [6, 6.07) is 5.13. The number of carbonyl (C=O) groups excluding carboxylic acids is 1. The van der Waals surface area contributed by atoms with Gasteiger partial charge in [-0.15, -0.1) is 12.4 Å². The van der Waals surface area contributed by atoms with Gasteiger partial charge in [0.05, 0.1) is 4.92 Å². The zero-order valence-electron chi connectivity index (χ0n) is 12.4. The summed E-state index contributed by atoms with van der Waals surface area (Å²) in [5, 5.41) is 14.4. The third-order valence-electron chi connectivity index (χ3n) is 4.46. The number of nitro groups is 1. The molecular formula is C15H20ClN3O3. The summed E-state index contributed by atoms with van der Waals surface area (Å²) in [6.07, 6.45) is 2.06. The predicted octanol–water partition coefficient (Wildman–Crippen LogP) is 2.15. The van der Waals surface area contributed by atoms with E-state index in [1.165, 1.54) is 12.1 Å². The van der Waals surface area contributed by atoms with Crippen LogP contribution >= 0.6 is 12.4 Å². The van der Waals surface area contributed by atoms with E-state index < -0.39 is 4.92 Å². The number of piperidine rings is 1. The van der Waals surface area contributed by atoms with Crippen LogP contribution in [0.5, 0.6) is 0 Å². The smallest absolute Gasteiger partial charge is 0.270 e. The molecule has 7 heteroatoms. The van der Waals surface area contributed by atoms with Crippen LogP contribution in [-0.4, -0.2) is 41.4 Å². The third-order valence-corrected chi connectivity index (χ3v) is 4.46. The minimum atomic E-state index is -0.448. The average Bonchev–Trinajstić information content (AvgIpc) is 2.93. The zero-order chi connectivity index (χ0) is 15.0. The molecule has 2 atom stereocenters. The van der Waals surface area contributed by atoms with E-state index in [2.05, 4.69) is 5.32 Å². The first-order valence-electron chi connectivity index (χ1n) is 7.33. The van der Waals surface area contributed by atoms with Gasteiger partial charge in [0.15, 0.2) is 0 Å². The van der Waals surface area contributed by atoms with Gasteiger partial charge in [0.25, 0.3) is 11.6 Å². The number of nitro benzene ring substituents is 1. The van der Waals surface area contributed by atoms with Crippen LogP contribution in [0.2, 0.25) is 0 Å². The number of hydrogen-bond acceptors (Lipinski definition) is 4. The molecule has 1 aromatic rings. The molecule has 2 heterocycles. The van der Waals surface area contributed by atoms with Crippen molar-refractivity contribution in [3.05, 3.63) is 39.4 Å². The van der Waals surface area contributed by atoms with Crippen LogP contribution in [-0.2, 0) is 0 Å². The fourth-order valence-electron chi connectivity index (χ4n) is 3.41. The SMILES string of the molecule is Cc1cc(C(=O)N2CCC3NCCC3C2)cc([N+](=O)[O-])c1.Cl. The van der Waals surface area contributed by atoms with Gasteiger partial charge in [-0.3, -0.25) is 14.9 Å². The molecule has 120 valence electrons.